The van der Waals surface area contributed by atoms with Crippen molar-refractivity contribution in [2.75, 3.05) is 38.0 Å². The van der Waals surface area contributed by atoms with Crippen LogP contribution >= 0.6 is 11.6 Å². The Morgan fingerprint density at radius 3 is 2.84 bits per heavy atom. The minimum atomic E-state index is -0.826. The van der Waals surface area contributed by atoms with Crippen LogP contribution in [0.4, 0.5) is 10.7 Å². The summed E-state index contributed by atoms with van der Waals surface area (Å²) in [5.74, 6) is 0.527. The summed E-state index contributed by atoms with van der Waals surface area (Å²) in [6, 6.07) is 4.02. The minimum Gasteiger partial charge on any atom is -0.444 e. The Balaban J connectivity index is 1.19. The Morgan fingerprint density at radius 2 is 2.08 bits per heavy atom. The maximum atomic E-state index is 12.4. The van der Waals surface area contributed by atoms with Crippen LogP contribution in [0.3, 0.4) is 0 Å². The molecule has 1 atom stereocenters. The number of halogens is 1. The van der Waals surface area contributed by atoms with Gasteiger partial charge in [-0.05, 0) is 65.1 Å². The summed E-state index contributed by atoms with van der Waals surface area (Å²) >= 11 is 6.48. The SMILES string of the molecule is CC(C)(C)OC(=O)N1CCC(O)(CN2CCC[C@@H](Nc3ncc(Cl)c(-c4c[nH]c5ncccc45)n3)C2)CC1. The fourth-order valence-electron chi connectivity index (χ4n) is 5.28. The molecule has 0 spiro atoms. The molecule has 0 unspecified atom stereocenters. The molecule has 10 nitrogen and oxygen atoms in total. The number of ether oxygens (including phenoxy) is 1. The van der Waals surface area contributed by atoms with Gasteiger partial charge >= 0.3 is 6.09 Å². The molecule has 0 aromatic carbocycles. The number of pyridine rings is 1. The number of H-pyrrole nitrogens is 1. The number of rotatable bonds is 5. The molecule has 204 valence electrons. The Bertz CT molecular complexity index is 1280. The Morgan fingerprint density at radius 1 is 1.29 bits per heavy atom. The molecule has 5 rings (SSSR count). The van der Waals surface area contributed by atoms with E-state index in [-0.39, 0.29) is 12.1 Å². The number of carbonyl (C=O) groups excluding carboxylic acids is 1. The second-order valence-electron chi connectivity index (χ2n) is 11.4. The molecular formula is C27H36ClN7O3. The molecule has 2 fully saturated rings. The molecular weight excluding hydrogens is 506 g/mol. The molecule has 2 aliphatic heterocycles. The van der Waals surface area contributed by atoms with Crippen molar-refractivity contribution in [2.45, 2.75) is 63.7 Å². The van der Waals surface area contributed by atoms with Gasteiger partial charge in [0.25, 0.3) is 0 Å². The van der Waals surface area contributed by atoms with E-state index in [1.54, 1.807) is 17.3 Å². The number of aliphatic hydroxyl groups is 1. The van der Waals surface area contributed by atoms with Gasteiger partial charge in [-0.2, -0.15) is 0 Å². The van der Waals surface area contributed by atoms with E-state index >= 15 is 0 Å². The predicted octanol–water partition coefficient (Wildman–Crippen LogP) is 4.31. The number of aromatic nitrogens is 4. The van der Waals surface area contributed by atoms with Crippen molar-refractivity contribution in [3.8, 4) is 11.3 Å². The van der Waals surface area contributed by atoms with Crippen molar-refractivity contribution >= 4 is 34.7 Å². The minimum absolute atomic E-state index is 0.146. The van der Waals surface area contributed by atoms with E-state index in [0.29, 0.717) is 49.1 Å². The molecule has 1 amide bonds. The highest BCUT2D eigenvalue weighted by Gasteiger charge is 2.37. The first-order chi connectivity index (χ1) is 18.1. The van der Waals surface area contributed by atoms with Gasteiger partial charge in [0.1, 0.15) is 11.2 Å². The second-order valence-corrected chi connectivity index (χ2v) is 11.8. The zero-order valence-corrected chi connectivity index (χ0v) is 23.0. The summed E-state index contributed by atoms with van der Waals surface area (Å²) in [7, 11) is 0. The Hall–Kier alpha value is -2.95. The third-order valence-electron chi connectivity index (χ3n) is 7.15. The van der Waals surface area contributed by atoms with Crippen LogP contribution in [0.15, 0.2) is 30.7 Å². The third-order valence-corrected chi connectivity index (χ3v) is 7.43. The maximum Gasteiger partial charge on any atom is 0.410 e. The number of likely N-dealkylation sites (tertiary alicyclic amines) is 2. The van der Waals surface area contributed by atoms with Gasteiger partial charge in [0.2, 0.25) is 5.95 Å². The van der Waals surface area contributed by atoms with Gasteiger partial charge in [-0.15, -0.1) is 0 Å². The largest absolute Gasteiger partial charge is 0.444 e. The number of nitrogens with one attached hydrogen (secondary N) is 2. The zero-order chi connectivity index (χ0) is 26.9. The smallest absolute Gasteiger partial charge is 0.410 e. The van der Waals surface area contributed by atoms with Crippen molar-refractivity contribution in [3.05, 3.63) is 35.7 Å². The molecule has 3 N–H and O–H groups in total. The summed E-state index contributed by atoms with van der Waals surface area (Å²) in [6.07, 6.45) is 7.98. The van der Waals surface area contributed by atoms with Gasteiger partial charge in [0, 0.05) is 55.6 Å². The number of hydrogen-bond acceptors (Lipinski definition) is 8. The molecule has 3 aromatic heterocycles. The monoisotopic (exact) mass is 541 g/mol. The quantitative estimate of drug-likeness (QED) is 0.437. The summed E-state index contributed by atoms with van der Waals surface area (Å²) in [5.41, 5.74) is 0.968. The lowest BCUT2D eigenvalue weighted by molar-refractivity contribution is -0.0528. The number of amides is 1. The van der Waals surface area contributed by atoms with Gasteiger partial charge in [-0.3, -0.25) is 4.90 Å². The molecule has 0 saturated carbocycles. The second kappa shape index (κ2) is 10.7. The van der Waals surface area contributed by atoms with E-state index in [2.05, 4.69) is 25.2 Å². The van der Waals surface area contributed by atoms with Gasteiger partial charge < -0.3 is 25.0 Å². The van der Waals surface area contributed by atoms with Crippen LogP contribution in [-0.2, 0) is 4.74 Å². The fourth-order valence-corrected chi connectivity index (χ4v) is 5.48. The van der Waals surface area contributed by atoms with Crippen molar-refractivity contribution in [1.82, 2.24) is 29.7 Å². The van der Waals surface area contributed by atoms with Crippen molar-refractivity contribution in [2.24, 2.45) is 0 Å². The fraction of sp³-hybridized carbons (Fsp3) is 0.556. The lowest BCUT2D eigenvalue weighted by Crippen LogP contribution is -2.55. The topological polar surface area (TPSA) is 120 Å². The zero-order valence-electron chi connectivity index (χ0n) is 22.2. The summed E-state index contributed by atoms with van der Waals surface area (Å²) < 4.78 is 5.49. The highest BCUT2D eigenvalue weighted by Crippen LogP contribution is 2.32. The van der Waals surface area contributed by atoms with Crippen LogP contribution in [0.25, 0.3) is 22.3 Å². The lowest BCUT2D eigenvalue weighted by atomic mass is 9.90. The van der Waals surface area contributed by atoms with Crippen LogP contribution in [0.5, 0.6) is 0 Å². The average Bonchev–Trinajstić information content (AvgIpc) is 3.29. The van der Waals surface area contributed by atoms with Gasteiger partial charge in [-0.25, -0.2) is 19.7 Å². The highest BCUT2D eigenvalue weighted by molar-refractivity contribution is 6.33. The number of hydrogen-bond donors (Lipinski definition) is 3. The van der Waals surface area contributed by atoms with E-state index in [4.69, 9.17) is 21.3 Å². The molecule has 38 heavy (non-hydrogen) atoms. The van der Waals surface area contributed by atoms with E-state index in [1.807, 2.05) is 39.1 Å². The summed E-state index contributed by atoms with van der Waals surface area (Å²) in [6.45, 7) is 8.84. The predicted molar refractivity (Wildman–Crippen MR) is 147 cm³/mol. The van der Waals surface area contributed by atoms with Crippen molar-refractivity contribution < 1.29 is 14.6 Å². The number of nitrogens with zero attached hydrogens (tertiary/aromatic N) is 5. The molecule has 11 heteroatoms. The van der Waals surface area contributed by atoms with Gasteiger partial charge in [-0.1, -0.05) is 11.6 Å². The normalized spacial score (nSPS) is 20.4. The van der Waals surface area contributed by atoms with Crippen LogP contribution in [0, 0.1) is 0 Å². The number of anilines is 1. The first-order valence-electron chi connectivity index (χ1n) is 13.2. The Kier molecular flexibility index (Phi) is 7.48. The number of β-amino-alcohol motifs (C(OH)–C–C–N with tert-alkyl or cyclic N) is 1. The van der Waals surface area contributed by atoms with Crippen molar-refractivity contribution in [1.29, 1.82) is 0 Å². The van der Waals surface area contributed by atoms with Gasteiger partial charge in [0.15, 0.2) is 0 Å². The number of carbonyl (C=O) groups is 1. The number of aromatic amines is 1. The van der Waals surface area contributed by atoms with E-state index < -0.39 is 11.2 Å². The molecule has 5 heterocycles. The maximum absolute atomic E-state index is 12.4. The van der Waals surface area contributed by atoms with E-state index in [1.165, 1.54) is 0 Å². The molecule has 3 aromatic rings. The first-order valence-corrected chi connectivity index (χ1v) is 13.6. The van der Waals surface area contributed by atoms with Crippen LogP contribution in [-0.4, -0.2) is 90.9 Å². The van der Waals surface area contributed by atoms with E-state index in [0.717, 1.165) is 42.5 Å². The van der Waals surface area contributed by atoms with Crippen LogP contribution in [0.1, 0.15) is 46.5 Å². The van der Waals surface area contributed by atoms with Crippen LogP contribution < -0.4 is 5.32 Å². The molecule has 0 radical (unpaired) electrons. The van der Waals surface area contributed by atoms with E-state index in [9.17, 15) is 9.90 Å². The molecule has 2 aliphatic rings. The standard InChI is InChI=1S/C27H36ClN7O3/c1-26(2,3)38-25(36)35-12-8-27(37,9-13-35)17-34-11-5-6-18(16-34)32-24-31-15-21(28)22(33-24)20-14-30-23-19(20)7-4-10-29-23/h4,7,10,14-15,18,37H,5-6,8-9,11-13,16-17H2,1-3H3,(H,29,30)(H,31,32,33)/t18-/m1/s1. The summed E-state index contributed by atoms with van der Waals surface area (Å²) in [5, 5.41) is 16.2. The Labute approximate surface area is 227 Å². The van der Waals surface area contributed by atoms with Crippen LogP contribution in [0.2, 0.25) is 5.02 Å². The lowest BCUT2D eigenvalue weighted by Gasteiger charge is -2.43. The highest BCUT2D eigenvalue weighted by atomic mass is 35.5. The summed E-state index contributed by atoms with van der Waals surface area (Å²) in [4.78, 5) is 33.1. The number of piperidine rings is 2. The average molecular weight is 542 g/mol. The van der Waals surface area contributed by atoms with Crippen molar-refractivity contribution in [3.63, 3.8) is 0 Å². The molecule has 0 aliphatic carbocycles. The number of fused-ring (bicyclic) bond motifs is 1. The third kappa shape index (κ3) is 6.19. The van der Waals surface area contributed by atoms with Gasteiger partial charge in [0.05, 0.1) is 22.5 Å². The molecule has 0 bridgehead atoms. The first kappa shape index (κ1) is 26.6. The molecule has 2 saturated heterocycles.